The van der Waals surface area contributed by atoms with Crippen LogP contribution < -0.4 is 16.4 Å². The van der Waals surface area contributed by atoms with Gasteiger partial charge < -0.3 is 26.3 Å². The zero-order valence-corrected chi connectivity index (χ0v) is 28.5. The molecule has 1 saturated heterocycles. The standard InChI is InChI=1S/C29H31N7O.C6H10N6O/c1-21-5-10-25(18-27(21)34-29-31-13-11-26(33-29)24-4-3-12-30-19-24)32-28(37)23-8-6-22(7-9-23)20-36-16-14-35(2)15-17-36;1-12(2)11-10-6-4(5(7)13)8-3-9-6/h3-13,18-19H,14-17,20H2,1-2H3,(H,32,37)(H,31,33,34);3H,1-2H3,(H2,7,13)(H,8,9). The number of amides is 2. The molecule has 0 unspecified atom stereocenters. The number of benzene rings is 2. The Morgan fingerprint density at radius 1 is 1.00 bits per heavy atom. The van der Waals surface area contributed by atoms with E-state index in [0.717, 1.165) is 55.2 Å². The Morgan fingerprint density at radius 2 is 1.78 bits per heavy atom. The molecule has 0 saturated carbocycles. The second-order valence-corrected chi connectivity index (χ2v) is 11.9. The molecule has 3 aromatic heterocycles. The van der Waals surface area contributed by atoms with Crippen LogP contribution in [0.2, 0.25) is 0 Å². The van der Waals surface area contributed by atoms with E-state index in [9.17, 15) is 9.59 Å². The molecule has 6 rings (SSSR count). The van der Waals surface area contributed by atoms with Crippen LogP contribution in [0.25, 0.3) is 11.3 Å². The van der Waals surface area contributed by atoms with Crippen molar-refractivity contribution in [1.82, 2.24) is 39.7 Å². The average Bonchev–Trinajstić information content (AvgIpc) is 3.60. The molecule has 50 heavy (non-hydrogen) atoms. The summed E-state index contributed by atoms with van der Waals surface area (Å²) in [5.74, 6) is -0.0777. The second-order valence-electron chi connectivity index (χ2n) is 11.9. The summed E-state index contributed by atoms with van der Waals surface area (Å²) in [6.07, 6.45) is 6.55. The molecule has 15 nitrogen and oxygen atoms in total. The van der Waals surface area contributed by atoms with Gasteiger partial charge in [-0.05, 0) is 67.6 Å². The largest absolute Gasteiger partial charge is 0.364 e. The summed E-state index contributed by atoms with van der Waals surface area (Å²) in [6.45, 7) is 7.24. The van der Waals surface area contributed by atoms with Crippen molar-refractivity contribution in [3.8, 4) is 11.3 Å². The first-order valence-corrected chi connectivity index (χ1v) is 16.0. The zero-order chi connectivity index (χ0) is 35.5. The van der Waals surface area contributed by atoms with Crippen LogP contribution in [-0.4, -0.2) is 98.9 Å². The highest BCUT2D eigenvalue weighted by Crippen LogP contribution is 2.25. The van der Waals surface area contributed by atoms with Gasteiger partial charge in [-0.1, -0.05) is 23.4 Å². The maximum atomic E-state index is 12.9. The first-order chi connectivity index (χ1) is 24.1. The number of anilines is 3. The lowest BCUT2D eigenvalue weighted by Crippen LogP contribution is -2.43. The number of pyridine rings is 1. The predicted molar refractivity (Wildman–Crippen MR) is 192 cm³/mol. The van der Waals surface area contributed by atoms with Gasteiger partial charge >= 0.3 is 0 Å². The lowest BCUT2D eigenvalue weighted by atomic mass is 10.1. The maximum Gasteiger partial charge on any atom is 0.269 e. The van der Waals surface area contributed by atoms with Gasteiger partial charge in [-0.15, -0.1) is 5.11 Å². The number of primary amides is 1. The van der Waals surface area contributed by atoms with Crippen molar-refractivity contribution in [2.45, 2.75) is 13.5 Å². The molecule has 0 atom stereocenters. The van der Waals surface area contributed by atoms with Crippen molar-refractivity contribution in [2.24, 2.45) is 16.1 Å². The Kier molecular flexibility index (Phi) is 11.9. The molecule has 2 aromatic carbocycles. The zero-order valence-electron chi connectivity index (χ0n) is 28.5. The number of rotatable bonds is 10. The molecule has 0 aliphatic carbocycles. The van der Waals surface area contributed by atoms with Crippen LogP contribution >= 0.6 is 0 Å². The lowest BCUT2D eigenvalue weighted by Gasteiger charge is -2.32. The van der Waals surface area contributed by atoms with Crippen LogP contribution in [0.15, 0.2) is 95.9 Å². The number of piperazine rings is 1. The molecule has 0 radical (unpaired) electrons. The van der Waals surface area contributed by atoms with Gasteiger partial charge in [0, 0.05) is 87.9 Å². The summed E-state index contributed by atoms with van der Waals surface area (Å²) in [4.78, 5) is 48.0. The molecule has 258 valence electrons. The summed E-state index contributed by atoms with van der Waals surface area (Å²) in [6, 6.07) is 19.3. The number of nitrogens with two attached hydrogens (primary N) is 1. The van der Waals surface area contributed by atoms with E-state index in [2.05, 4.69) is 62.7 Å². The number of carbonyl (C=O) groups excluding carboxylic acids is 2. The van der Waals surface area contributed by atoms with Crippen LogP contribution in [0, 0.1) is 6.92 Å². The molecule has 5 aromatic rings. The Bertz CT molecular complexity index is 1900. The quantitative estimate of drug-likeness (QED) is 0.120. The van der Waals surface area contributed by atoms with Crippen LogP contribution in [0.1, 0.15) is 32.0 Å². The van der Waals surface area contributed by atoms with Gasteiger partial charge in [0.15, 0.2) is 5.69 Å². The monoisotopic (exact) mass is 675 g/mol. The molecule has 0 bridgehead atoms. The van der Waals surface area contributed by atoms with E-state index in [0.29, 0.717) is 17.2 Å². The van der Waals surface area contributed by atoms with E-state index in [1.54, 1.807) is 32.7 Å². The van der Waals surface area contributed by atoms with E-state index in [4.69, 9.17) is 5.73 Å². The number of aromatic amines is 1. The third-order valence-electron chi connectivity index (χ3n) is 7.76. The molecular formula is C35H41N13O2. The molecule has 1 aliphatic heterocycles. The van der Waals surface area contributed by atoms with Gasteiger partial charge in [-0.3, -0.25) is 24.5 Å². The third-order valence-corrected chi connectivity index (χ3v) is 7.76. The minimum Gasteiger partial charge on any atom is -0.364 e. The first kappa shape index (κ1) is 35.3. The molecule has 1 fully saturated rings. The van der Waals surface area contributed by atoms with Crippen molar-refractivity contribution in [2.75, 3.05) is 58.0 Å². The van der Waals surface area contributed by atoms with Gasteiger partial charge in [0.1, 0.15) is 0 Å². The molecule has 0 spiro atoms. The van der Waals surface area contributed by atoms with Gasteiger partial charge in [-0.25, -0.2) is 15.0 Å². The molecule has 4 heterocycles. The Balaban J connectivity index is 0.000000315. The maximum absolute atomic E-state index is 12.9. The molecule has 15 heteroatoms. The normalized spacial score (nSPS) is 13.4. The average molecular weight is 676 g/mol. The predicted octanol–water partition coefficient (Wildman–Crippen LogP) is 4.66. The van der Waals surface area contributed by atoms with Gasteiger partial charge in [0.25, 0.3) is 11.8 Å². The fourth-order valence-electron chi connectivity index (χ4n) is 4.95. The lowest BCUT2D eigenvalue weighted by molar-refractivity contribution is 0.0994. The summed E-state index contributed by atoms with van der Waals surface area (Å²) in [5.41, 5.74) is 11.3. The van der Waals surface area contributed by atoms with Crippen molar-refractivity contribution in [1.29, 1.82) is 0 Å². The first-order valence-electron chi connectivity index (χ1n) is 16.0. The van der Waals surface area contributed by atoms with E-state index >= 15 is 0 Å². The number of nitrogens with zero attached hydrogens (tertiary/aromatic N) is 9. The number of hydrogen-bond donors (Lipinski definition) is 4. The topological polar surface area (TPSA) is 186 Å². The fourth-order valence-corrected chi connectivity index (χ4v) is 4.95. The number of H-pyrrole nitrogens is 1. The van der Waals surface area contributed by atoms with Crippen molar-refractivity contribution < 1.29 is 9.59 Å². The number of carbonyl (C=O) groups is 2. The SMILES string of the molecule is CN(C)N=Nc1nc[nH]c1C(N)=O.Cc1ccc(NC(=O)c2ccc(CN3CCN(C)CC3)cc2)cc1Nc1nccc(-c2cccnc2)n1. The summed E-state index contributed by atoms with van der Waals surface area (Å²) >= 11 is 0. The summed E-state index contributed by atoms with van der Waals surface area (Å²) < 4.78 is 0. The molecule has 5 N–H and O–H groups in total. The van der Waals surface area contributed by atoms with Crippen LogP contribution in [0.4, 0.5) is 23.1 Å². The molecule has 2 amide bonds. The Hall–Kier alpha value is -6.06. The number of hydrogen-bond acceptors (Lipinski definition) is 11. The highest BCUT2D eigenvalue weighted by molar-refractivity contribution is 6.04. The van der Waals surface area contributed by atoms with E-state index in [1.165, 1.54) is 16.9 Å². The molecule has 1 aliphatic rings. The highest BCUT2D eigenvalue weighted by atomic mass is 16.2. The second kappa shape index (κ2) is 16.9. The minimum atomic E-state index is -0.606. The van der Waals surface area contributed by atoms with E-state index in [1.807, 2.05) is 67.6 Å². The van der Waals surface area contributed by atoms with Gasteiger partial charge in [0.05, 0.1) is 12.0 Å². The Morgan fingerprint density at radius 3 is 2.48 bits per heavy atom. The summed E-state index contributed by atoms with van der Waals surface area (Å²) in [7, 11) is 5.58. The van der Waals surface area contributed by atoms with Crippen LogP contribution in [-0.2, 0) is 6.54 Å². The minimum absolute atomic E-state index is 0.143. The number of nitrogens with one attached hydrogen (secondary N) is 3. The van der Waals surface area contributed by atoms with E-state index < -0.39 is 5.91 Å². The Labute approximate surface area is 290 Å². The third kappa shape index (κ3) is 9.98. The number of imidazole rings is 1. The smallest absolute Gasteiger partial charge is 0.269 e. The highest BCUT2D eigenvalue weighted by Gasteiger charge is 2.15. The number of aryl methyl sites for hydroxylation is 1. The number of aromatic nitrogens is 5. The fraction of sp³-hybridized carbons (Fsp3) is 0.257. The van der Waals surface area contributed by atoms with Gasteiger partial charge in [-0.2, -0.15) is 0 Å². The van der Waals surface area contributed by atoms with Crippen molar-refractivity contribution in [3.63, 3.8) is 0 Å². The van der Waals surface area contributed by atoms with E-state index in [-0.39, 0.29) is 17.4 Å². The van der Waals surface area contributed by atoms with Crippen molar-refractivity contribution in [3.05, 3.63) is 108 Å². The molecular weight excluding hydrogens is 634 g/mol. The number of likely N-dealkylation sites (N-methyl/N-ethyl adjacent to an activating group) is 1. The van der Waals surface area contributed by atoms with Crippen molar-refractivity contribution >= 4 is 35.0 Å². The van der Waals surface area contributed by atoms with Crippen LogP contribution in [0.5, 0.6) is 0 Å². The van der Waals surface area contributed by atoms with Gasteiger partial charge in [0.2, 0.25) is 11.8 Å². The summed E-state index contributed by atoms with van der Waals surface area (Å²) in [5, 5.41) is 15.2. The van der Waals surface area contributed by atoms with Crippen LogP contribution in [0.3, 0.4) is 0 Å².